The summed E-state index contributed by atoms with van der Waals surface area (Å²) in [7, 11) is 0. The number of carboxylic acid groups (broad SMARTS) is 2. The van der Waals surface area contributed by atoms with Gasteiger partial charge in [0.2, 0.25) is 11.8 Å². The van der Waals surface area contributed by atoms with Crippen molar-refractivity contribution in [3.05, 3.63) is 25.7 Å². The first-order valence-corrected chi connectivity index (χ1v) is 19.5. The topological polar surface area (TPSA) is 212 Å². The lowest BCUT2D eigenvalue weighted by molar-refractivity contribution is -0.252. The number of hydrogen-bond donors (Lipinski definition) is 4. The van der Waals surface area contributed by atoms with Gasteiger partial charge in [0.25, 0.3) is 0 Å². The molecule has 4 fully saturated rings. The summed E-state index contributed by atoms with van der Waals surface area (Å²) in [5.41, 5.74) is -0.596. The van der Waals surface area contributed by atoms with Gasteiger partial charge in [-0.15, -0.1) is 0 Å². The highest BCUT2D eigenvalue weighted by Crippen LogP contribution is 2.47. The Balaban J connectivity index is 0.000000338. The van der Waals surface area contributed by atoms with Crippen molar-refractivity contribution in [2.45, 2.75) is 157 Å². The van der Waals surface area contributed by atoms with Crippen molar-refractivity contribution >= 4 is 36.1 Å². The first-order valence-electron chi connectivity index (χ1n) is 19.5. The van der Waals surface area contributed by atoms with Gasteiger partial charge in [-0.1, -0.05) is 54.7 Å². The third-order valence-corrected chi connectivity index (χ3v) is 10.9. The fraction of sp³-hybridized carbons (Fsp3) is 0.750. The van der Waals surface area contributed by atoms with Crippen molar-refractivity contribution < 1.29 is 43.7 Å². The predicted molar refractivity (Wildman–Crippen MR) is 205 cm³/mol. The molecule has 8 amide bonds. The first-order chi connectivity index (χ1) is 25.4. The fourth-order valence-electron chi connectivity index (χ4n) is 9.58. The zero-order valence-electron chi connectivity index (χ0n) is 34.3. The highest BCUT2D eigenvalue weighted by molar-refractivity contribution is 5.96. The van der Waals surface area contributed by atoms with Gasteiger partial charge in [-0.2, -0.15) is 0 Å². The smallest absolute Gasteiger partial charge is 0.324 e. The van der Waals surface area contributed by atoms with E-state index in [4.69, 9.17) is 0 Å². The lowest BCUT2D eigenvalue weighted by Gasteiger charge is -2.47. The molecule has 2 saturated heterocycles. The van der Waals surface area contributed by atoms with Crippen LogP contribution in [0.15, 0.2) is 25.7 Å². The predicted octanol–water partition coefficient (Wildman–Crippen LogP) is 4.52. The van der Waals surface area contributed by atoms with E-state index in [1.54, 1.807) is 0 Å². The van der Waals surface area contributed by atoms with E-state index in [-0.39, 0.29) is 69.7 Å². The van der Waals surface area contributed by atoms with Crippen LogP contribution in [0.25, 0.3) is 0 Å². The Morgan fingerprint density at radius 2 is 1.04 bits per heavy atom. The minimum Gasteiger partial charge on any atom is -0.530 e. The summed E-state index contributed by atoms with van der Waals surface area (Å²) in [5, 5.41) is 32.3. The molecule has 2 aliphatic heterocycles. The van der Waals surface area contributed by atoms with Crippen LogP contribution >= 0.6 is 0 Å². The van der Waals surface area contributed by atoms with E-state index in [0.717, 1.165) is 51.4 Å². The number of nitrogens with zero attached hydrogens (tertiary/aromatic N) is 2. The highest BCUT2D eigenvalue weighted by atomic mass is 16.5. The van der Waals surface area contributed by atoms with E-state index in [0.29, 0.717) is 38.8 Å². The molecule has 6 atom stereocenters. The summed E-state index contributed by atoms with van der Waals surface area (Å²) in [5.74, 6) is -0.236. The molecule has 0 spiro atoms. The van der Waals surface area contributed by atoms with E-state index >= 15 is 0 Å². The maximum atomic E-state index is 12.6. The third kappa shape index (κ3) is 15.4. The van der Waals surface area contributed by atoms with Gasteiger partial charge in [-0.25, -0.2) is 9.59 Å². The number of piperidine rings is 2. The van der Waals surface area contributed by atoms with Crippen LogP contribution in [0.2, 0.25) is 0 Å². The SMILES string of the molecule is C=COC=C.CC1CCCC(=O)N1C(=O)NC1CC(C)(C)CC(C)(CNC(=O)[O-])C1.CC1CCCC(=O)N1C(=O)NC1CC(C)(C)CC(C)(CNC(=O)[O-])C1. The number of imide groups is 2. The molecule has 0 aromatic carbocycles. The fourth-order valence-corrected chi connectivity index (χ4v) is 9.58. The Morgan fingerprint density at radius 3 is 1.31 bits per heavy atom. The van der Waals surface area contributed by atoms with E-state index < -0.39 is 12.2 Å². The van der Waals surface area contributed by atoms with Gasteiger partial charge >= 0.3 is 12.1 Å². The summed E-state index contributed by atoms with van der Waals surface area (Å²) < 4.78 is 4.36. The van der Waals surface area contributed by atoms with Crippen LogP contribution in [0.4, 0.5) is 19.2 Å². The number of urea groups is 2. The van der Waals surface area contributed by atoms with Gasteiger partial charge in [0.1, 0.15) is 12.2 Å². The summed E-state index contributed by atoms with van der Waals surface area (Å²) in [6.45, 7) is 23.4. The van der Waals surface area contributed by atoms with Gasteiger partial charge in [0.05, 0.1) is 12.5 Å². The normalized spacial score (nSPS) is 29.7. The Labute approximate surface area is 327 Å². The molecule has 2 aliphatic carbocycles. The van der Waals surface area contributed by atoms with Crippen molar-refractivity contribution in [2.75, 3.05) is 13.1 Å². The number of likely N-dealkylation sites (tertiary alicyclic amines) is 2. The number of carbonyl (C=O) groups excluding carboxylic acids is 6. The Kier molecular flexibility index (Phi) is 17.1. The Morgan fingerprint density at radius 1 is 0.691 bits per heavy atom. The lowest BCUT2D eigenvalue weighted by Crippen LogP contribution is -2.56. The van der Waals surface area contributed by atoms with Gasteiger partial charge in [-0.05, 0) is 99.7 Å². The van der Waals surface area contributed by atoms with Gasteiger partial charge in [0.15, 0.2) is 0 Å². The van der Waals surface area contributed by atoms with E-state index in [1.165, 1.54) is 22.3 Å². The van der Waals surface area contributed by atoms with Gasteiger partial charge < -0.3 is 45.8 Å². The molecule has 15 nitrogen and oxygen atoms in total. The molecule has 15 heteroatoms. The van der Waals surface area contributed by atoms with Crippen LogP contribution in [-0.2, 0) is 14.3 Å². The molecule has 4 N–H and O–H groups in total. The van der Waals surface area contributed by atoms with Crippen molar-refractivity contribution in [1.82, 2.24) is 31.1 Å². The van der Waals surface area contributed by atoms with Crippen LogP contribution in [0.3, 0.4) is 0 Å². The third-order valence-electron chi connectivity index (χ3n) is 10.9. The number of carbonyl (C=O) groups is 6. The summed E-state index contributed by atoms with van der Waals surface area (Å²) in [6.07, 6.45) is 8.87. The highest BCUT2D eigenvalue weighted by Gasteiger charge is 2.44. The largest absolute Gasteiger partial charge is 0.530 e. The number of rotatable bonds is 8. The zero-order chi connectivity index (χ0) is 41.8. The molecule has 4 rings (SSSR count). The average Bonchev–Trinajstić information content (AvgIpc) is 3.02. The molecular weight excluding hydrogens is 708 g/mol. The summed E-state index contributed by atoms with van der Waals surface area (Å²) >= 11 is 0. The maximum absolute atomic E-state index is 12.6. The average molecular weight is 775 g/mol. The van der Waals surface area contributed by atoms with Crippen LogP contribution in [-0.4, -0.2) is 83.1 Å². The Hall–Kier alpha value is -4.30. The monoisotopic (exact) mass is 774 g/mol. The zero-order valence-corrected chi connectivity index (χ0v) is 34.3. The van der Waals surface area contributed by atoms with E-state index in [2.05, 4.69) is 66.9 Å². The quantitative estimate of drug-likeness (QED) is 0.255. The molecule has 0 aromatic heterocycles. The number of hydrogen-bond acceptors (Lipinski definition) is 9. The summed E-state index contributed by atoms with van der Waals surface area (Å²) in [6, 6.07) is -0.989. The molecule has 312 valence electrons. The van der Waals surface area contributed by atoms with Crippen LogP contribution < -0.4 is 31.5 Å². The summed E-state index contributed by atoms with van der Waals surface area (Å²) in [4.78, 5) is 73.7. The molecule has 0 radical (unpaired) electrons. The molecule has 55 heavy (non-hydrogen) atoms. The van der Waals surface area contributed by atoms with Crippen molar-refractivity contribution in [3.63, 3.8) is 0 Å². The molecule has 6 unspecified atom stereocenters. The lowest BCUT2D eigenvalue weighted by atomic mass is 9.62. The molecule has 0 bridgehead atoms. The van der Waals surface area contributed by atoms with Crippen LogP contribution in [0.5, 0.6) is 0 Å². The molecular formula is C40H66N6O9-2. The first kappa shape index (κ1) is 46.9. The van der Waals surface area contributed by atoms with Crippen molar-refractivity contribution in [3.8, 4) is 0 Å². The number of amides is 8. The molecule has 0 aromatic rings. The standard InChI is InChI=1S/2C18H31N3O4.C4H6O/c2*1-12-6-5-7-14(22)21(12)15(23)20-13-8-17(2,3)10-18(4,9-13)11-19-16(24)25;1-3-5-4-2/h2*12-13,19H,5-11H2,1-4H3,(H,20,23)(H,24,25);3-4H,1-2H2/p-2. The Bertz CT molecular complexity index is 1300. The second kappa shape index (κ2) is 20.0. The van der Waals surface area contributed by atoms with Crippen molar-refractivity contribution in [2.24, 2.45) is 21.7 Å². The minimum atomic E-state index is -1.28. The van der Waals surface area contributed by atoms with Crippen LogP contribution in [0, 0.1) is 21.7 Å². The van der Waals surface area contributed by atoms with E-state index in [1.807, 2.05) is 27.7 Å². The maximum Gasteiger partial charge on any atom is 0.324 e. The molecule has 2 saturated carbocycles. The molecule has 2 heterocycles. The van der Waals surface area contributed by atoms with Gasteiger partial charge in [-0.3, -0.25) is 19.4 Å². The number of nitrogens with one attached hydrogen (secondary N) is 4. The second-order valence-corrected chi connectivity index (χ2v) is 18.2. The minimum absolute atomic E-state index is 0.0317. The van der Waals surface area contributed by atoms with Crippen molar-refractivity contribution in [1.29, 1.82) is 0 Å². The van der Waals surface area contributed by atoms with E-state index in [9.17, 15) is 39.0 Å². The second-order valence-electron chi connectivity index (χ2n) is 18.2. The number of ether oxygens (including phenoxy) is 1. The van der Waals surface area contributed by atoms with Gasteiger partial charge in [0, 0.05) is 50.1 Å². The molecule has 4 aliphatic rings. The van der Waals surface area contributed by atoms with Crippen LogP contribution in [0.1, 0.15) is 132 Å².